The zero-order valence-corrected chi connectivity index (χ0v) is 8.72. The summed E-state index contributed by atoms with van der Waals surface area (Å²) in [6, 6.07) is 2.04. The fraction of sp³-hybridized carbons (Fsp3) is 0.545. The second-order valence-electron chi connectivity index (χ2n) is 4.37. The number of fused-ring (bicyclic) bond motifs is 4. The SMILES string of the molecule is Clc1cc2c(cn1)[C@@H]1CNC[C@H](C2)C1. The number of hydrogen-bond acceptors (Lipinski definition) is 2. The summed E-state index contributed by atoms with van der Waals surface area (Å²) in [4.78, 5) is 4.18. The van der Waals surface area contributed by atoms with E-state index < -0.39 is 0 Å². The molecule has 2 bridgehead atoms. The molecule has 14 heavy (non-hydrogen) atoms. The normalized spacial score (nSPS) is 29.8. The van der Waals surface area contributed by atoms with Gasteiger partial charge in [-0.15, -0.1) is 0 Å². The molecule has 74 valence electrons. The first-order valence-electron chi connectivity index (χ1n) is 5.18. The van der Waals surface area contributed by atoms with E-state index in [1.165, 1.54) is 24.0 Å². The van der Waals surface area contributed by atoms with Crippen LogP contribution >= 0.6 is 11.6 Å². The highest BCUT2D eigenvalue weighted by atomic mass is 35.5. The van der Waals surface area contributed by atoms with Crippen molar-refractivity contribution in [2.24, 2.45) is 5.92 Å². The summed E-state index contributed by atoms with van der Waals surface area (Å²) in [6.45, 7) is 2.27. The highest BCUT2D eigenvalue weighted by Gasteiger charge is 2.30. The first-order valence-corrected chi connectivity index (χ1v) is 5.56. The van der Waals surface area contributed by atoms with Gasteiger partial charge in [0.2, 0.25) is 0 Å². The largest absolute Gasteiger partial charge is 0.316 e. The van der Waals surface area contributed by atoms with Crippen molar-refractivity contribution in [2.75, 3.05) is 13.1 Å². The minimum Gasteiger partial charge on any atom is -0.316 e. The Balaban J connectivity index is 2.06. The van der Waals surface area contributed by atoms with Gasteiger partial charge < -0.3 is 5.32 Å². The first kappa shape index (κ1) is 8.69. The Morgan fingerprint density at radius 2 is 2.36 bits per heavy atom. The Morgan fingerprint density at radius 1 is 1.43 bits per heavy atom. The molecule has 2 heterocycles. The molecule has 0 saturated carbocycles. The van der Waals surface area contributed by atoms with E-state index in [1.54, 1.807) is 0 Å². The second-order valence-corrected chi connectivity index (χ2v) is 4.75. The third-order valence-electron chi connectivity index (χ3n) is 3.38. The summed E-state index contributed by atoms with van der Waals surface area (Å²) < 4.78 is 0. The van der Waals surface area contributed by atoms with Crippen molar-refractivity contribution in [3.8, 4) is 0 Å². The van der Waals surface area contributed by atoms with Crippen LogP contribution in [0.15, 0.2) is 12.3 Å². The number of nitrogens with zero attached hydrogens (tertiary/aromatic N) is 1. The Bertz CT molecular complexity index is 364. The number of piperidine rings is 1. The van der Waals surface area contributed by atoms with Gasteiger partial charge in [-0.1, -0.05) is 11.6 Å². The van der Waals surface area contributed by atoms with Crippen LogP contribution in [0.3, 0.4) is 0 Å². The van der Waals surface area contributed by atoms with Gasteiger partial charge in [0.15, 0.2) is 0 Å². The van der Waals surface area contributed by atoms with Crippen molar-refractivity contribution in [1.82, 2.24) is 10.3 Å². The van der Waals surface area contributed by atoms with Crippen molar-refractivity contribution in [3.63, 3.8) is 0 Å². The van der Waals surface area contributed by atoms with Crippen LogP contribution in [0, 0.1) is 5.92 Å². The molecule has 1 aliphatic carbocycles. The molecule has 2 aliphatic rings. The van der Waals surface area contributed by atoms with Crippen LogP contribution in [0.25, 0.3) is 0 Å². The fourth-order valence-corrected chi connectivity index (χ4v) is 2.94. The van der Waals surface area contributed by atoms with E-state index >= 15 is 0 Å². The average molecular weight is 209 g/mol. The topological polar surface area (TPSA) is 24.9 Å². The zero-order valence-electron chi connectivity index (χ0n) is 7.96. The number of rotatable bonds is 0. The molecule has 1 aliphatic heterocycles. The Labute approximate surface area is 88.7 Å². The number of hydrogen-bond donors (Lipinski definition) is 1. The molecule has 0 spiro atoms. The Hall–Kier alpha value is -0.600. The van der Waals surface area contributed by atoms with Gasteiger partial charge in [-0.2, -0.15) is 0 Å². The second kappa shape index (κ2) is 3.21. The van der Waals surface area contributed by atoms with Gasteiger partial charge in [0.25, 0.3) is 0 Å². The molecule has 1 aromatic rings. The number of aromatic nitrogens is 1. The van der Waals surface area contributed by atoms with Gasteiger partial charge in [0, 0.05) is 12.7 Å². The maximum absolute atomic E-state index is 5.91. The quantitative estimate of drug-likeness (QED) is 0.660. The van der Waals surface area contributed by atoms with E-state index in [2.05, 4.69) is 10.3 Å². The summed E-state index contributed by atoms with van der Waals surface area (Å²) in [6.07, 6.45) is 4.45. The van der Waals surface area contributed by atoms with Crippen LogP contribution in [0.4, 0.5) is 0 Å². The molecule has 1 saturated heterocycles. The number of nitrogens with one attached hydrogen (secondary N) is 1. The van der Waals surface area contributed by atoms with E-state index in [9.17, 15) is 0 Å². The molecule has 3 rings (SSSR count). The number of pyridine rings is 1. The third-order valence-corrected chi connectivity index (χ3v) is 3.59. The maximum atomic E-state index is 5.91. The van der Waals surface area contributed by atoms with Gasteiger partial charge >= 0.3 is 0 Å². The van der Waals surface area contributed by atoms with Gasteiger partial charge in [-0.25, -0.2) is 4.98 Å². The summed E-state index contributed by atoms with van der Waals surface area (Å²) in [7, 11) is 0. The lowest BCUT2D eigenvalue weighted by Gasteiger charge is -2.36. The van der Waals surface area contributed by atoms with Crippen molar-refractivity contribution < 1.29 is 0 Å². The highest BCUT2D eigenvalue weighted by Crippen LogP contribution is 2.36. The van der Waals surface area contributed by atoms with Crippen molar-refractivity contribution in [1.29, 1.82) is 0 Å². The van der Waals surface area contributed by atoms with Crippen molar-refractivity contribution >= 4 is 11.6 Å². The molecule has 0 aromatic carbocycles. The molecule has 1 fully saturated rings. The minimum atomic E-state index is 0.636. The standard InChI is InChI=1S/C11H13ClN2/c12-11-3-8-1-7-2-9(5-13-4-7)10(8)6-14-11/h3,6-7,9,13H,1-2,4-5H2/t7-,9+/m1/s1. The monoisotopic (exact) mass is 208 g/mol. The molecule has 0 amide bonds. The fourth-order valence-electron chi connectivity index (χ4n) is 2.76. The first-order chi connectivity index (χ1) is 6.83. The molecule has 3 heteroatoms. The maximum Gasteiger partial charge on any atom is 0.129 e. The van der Waals surface area contributed by atoms with Crippen molar-refractivity contribution in [3.05, 3.63) is 28.5 Å². The summed E-state index contributed by atoms with van der Waals surface area (Å²) in [5.41, 5.74) is 2.84. The summed E-state index contributed by atoms with van der Waals surface area (Å²) in [5.74, 6) is 1.47. The van der Waals surface area contributed by atoms with Crippen molar-refractivity contribution in [2.45, 2.75) is 18.8 Å². The van der Waals surface area contributed by atoms with Crippen LogP contribution in [0.1, 0.15) is 23.5 Å². The van der Waals surface area contributed by atoms with Crippen LogP contribution < -0.4 is 5.32 Å². The molecule has 2 nitrogen and oxygen atoms in total. The smallest absolute Gasteiger partial charge is 0.129 e. The lowest BCUT2D eigenvalue weighted by molar-refractivity contribution is 0.317. The predicted octanol–water partition coefficient (Wildman–Crippen LogP) is 1.98. The third kappa shape index (κ3) is 1.33. The predicted molar refractivity (Wildman–Crippen MR) is 56.7 cm³/mol. The van der Waals surface area contributed by atoms with E-state index in [0.29, 0.717) is 11.1 Å². The molecular formula is C11H13ClN2. The molecule has 0 radical (unpaired) electrons. The van der Waals surface area contributed by atoms with E-state index in [1.807, 2.05) is 12.3 Å². The van der Waals surface area contributed by atoms with Gasteiger partial charge in [0.1, 0.15) is 5.15 Å². The molecule has 1 N–H and O–H groups in total. The molecule has 1 aromatic heterocycles. The lowest BCUT2D eigenvalue weighted by Crippen LogP contribution is -2.39. The van der Waals surface area contributed by atoms with Gasteiger partial charge in [-0.05, 0) is 48.4 Å². The average Bonchev–Trinajstić information content (AvgIpc) is 2.17. The molecule has 2 atom stereocenters. The van der Waals surface area contributed by atoms with Gasteiger partial charge in [-0.3, -0.25) is 0 Å². The lowest BCUT2D eigenvalue weighted by atomic mass is 9.75. The molecule has 0 unspecified atom stereocenters. The Kier molecular flexibility index (Phi) is 1.99. The number of halogens is 1. The summed E-state index contributed by atoms with van der Waals surface area (Å²) in [5, 5.41) is 4.12. The molecular weight excluding hydrogens is 196 g/mol. The van der Waals surface area contributed by atoms with E-state index in [0.717, 1.165) is 19.0 Å². The minimum absolute atomic E-state index is 0.636. The van der Waals surface area contributed by atoms with E-state index in [4.69, 9.17) is 11.6 Å². The highest BCUT2D eigenvalue weighted by molar-refractivity contribution is 6.29. The zero-order chi connectivity index (χ0) is 9.54. The van der Waals surface area contributed by atoms with Gasteiger partial charge in [0.05, 0.1) is 0 Å². The van der Waals surface area contributed by atoms with E-state index in [-0.39, 0.29) is 0 Å². The van der Waals surface area contributed by atoms with Crippen LogP contribution in [0.5, 0.6) is 0 Å². The Morgan fingerprint density at radius 3 is 3.29 bits per heavy atom. The summed E-state index contributed by atoms with van der Waals surface area (Å²) >= 11 is 5.91. The van der Waals surface area contributed by atoms with Crippen LogP contribution in [-0.2, 0) is 6.42 Å². The van der Waals surface area contributed by atoms with Crippen LogP contribution in [-0.4, -0.2) is 18.1 Å². The van der Waals surface area contributed by atoms with Crippen LogP contribution in [0.2, 0.25) is 5.15 Å².